The van der Waals surface area contributed by atoms with Gasteiger partial charge in [-0.05, 0) is 55.2 Å². The molecule has 1 aromatic heterocycles. The number of anilines is 1. The van der Waals surface area contributed by atoms with Gasteiger partial charge in [0, 0.05) is 26.3 Å². The van der Waals surface area contributed by atoms with Gasteiger partial charge in [0.2, 0.25) is 15.3 Å². The average Bonchev–Trinajstić information content (AvgIpc) is 2.76. The quantitative estimate of drug-likeness (QED) is 0.613. The van der Waals surface area contributed by atoms with Gasteiger partial charge in [-0.2, -0.15) is 0 Å². The predicted molar refractivity (Wildman–Crippen MR) is 118 cm³/mol. The maximum absolute atomic E-state index is 15.0. The van der Waals surface area contributed by atoms with Crippen LogP contribution in [0.15, 0.2) is 57.2 Å². The van der Waals surface area contributed by atoms with Gasteiger partial charge in [0.1, 0.15) is 16.5 Å². The third kappa shape index (κ3) is 3.80. The lowest BCUT2D eigenvalue weighted by Crippen LogP contribution is -2.33. The molecular formula is C23H25FN2O4S. The first-order valence-corrected chi connectivity index (χ1v) is 11.7. The Hall–Kier alpha value is -2.87. The van der Waals surface area contributed by atoms with Gasteiger partial charge in [0.25, 0.3) is 0 Å². The number of rotatable bonds is 4. The number of hydrogen-bond donors (Lipinski definition) is 0. The molecule has 0 saturated carbocycles. The second kappa shape index (κ2) is 8.00. The Kier molecular flexibility index (Phi) is 5.51. The molecule has 0 spiro atoms. The lowest BCUT2D eigenvalue weighted by molar-refractivity contribution is 0.414. The van der Waals surface area contributed by atoms with Crippen molar-refractivity contribution in [3.63, 3.8) is 0 Å². The first-order chi connectivity index (χ1) is 14.7. The number of pyridine rings is 1. The fourth-order valence-corrected chi connectivity index (χ4v) is 5.43. The van der Waals surface area contributed by atoms with Crippen LogP contribution in [0, 0.1) is 11.7 Å². The van der Waals surface area contributed by atoms with Crippen molar-refractivity contribution < 1.29 is 17.5 Å². The number of hydrogen-bond acceptors (Lipinski definition) is 5. The van der Waals surface area contributed by atoms with Gasteiger partial charge in [-0.3, -0.25) is 4.79 Å². The fourth-order valence-electron chi connectivity index (χ4n) is 4.03. The SMILES string of the molecule is COc1ccc(S(=O)(=O)c2cn(C)c3cc(N4CCC(C)CC4)c(F)cc3c2=O)cc1. The summed E-state index contributed by atoms with van der Waals surface area (Å²) in [6.45, 7) is 3.69. The van der Waals surface area contributed by atoms with E-state index in [4.69, 9.17) is 4.74 Å². The Morgan fingerprint density at radius 2 is 1.74 bits per heavy atom. The fraction of sp³-hybridized carbons (Fsp3) is 0.348. The molecule has 31 heavy (non-hydrogen) atoms. The smallest absolute Gasteiger partial charge is 0.211 e. The highest BCUT2D eigenvalue weighted by molar-refractivity contribution is 7.91. The zero-order chi connectivity index (χ0) is 22.3. The molecule has 0 bridgehead atoms. The van der Waals surface area contributed by atoms with Gasteiger partial charge in [0.05, 0.1) is 28.6 Å². The molecule has 1 aliphatic rings. The van der Waals surface area contributed by atoms with Gasteiger partial charge in [-0.1, -0.05) is 6.92 Å². The number of methoxy groups -OCH3 is 1. The van der Waals surface area contributed by atoms with Crippen LogP contribution in [0.4, 0.5) is 10.1 Å². The Morgan fingerprint density at radius 1 is 1.10 bits per heavy atom. The summed E-state index contributed by atoms with van der Waals surface area (Å²) in [4.78, 5) is 14.7. The Morgan fingerprint density at radius 3 is 2.35 bits per heavy atom. The van der Waals surface area contributed by atoms with Crippen LogP contribution in [0.5, 0.6) is 5.75 Å². The monoisotopic (exact) mass is 444 g/mol. The van der Waals surface area contributed by atoms with Crippen molar-refractivity contribution in [2.45, 2.75) is 29.6 Å². The molecule has 0 amide bonds. The van der Waals surface area contributed by atoms with Crippen molar-refractivity contribution in [2.24, 2.45) is 13.0 Å². The van der Waals surface area contributed by atoms with Crippen LogP contribution in [-0.4, -0.2) is 33.2 Å². The number of benzene rings is 2. The number of sulfone groups is 1. The molecule has 1 fully saturated rings. The minimum absolute atomic E-state index is 0.0238. The summed E-state index contributed by atoms with van der Waals surface area (Å²) in [5.41, 5.74) is 0.232. The molecule has 1 aliphatic heterocycles. The van der Waals surface area contributed by atoms with E-state index in [0.29, 0.717) is 22.9 Å². The molecule has 2 heterocycles. The third-order valence-electron chi connectivity index (χ3n) is 6.01. The zero-order valence-corrected chi connectivity index (χ0v) is 18.6. The Bertz CT molecular complexity index is 1290. The minimum Gasteiger partial charge on any atom is -0.497 e. The van der Waals surface area contributed by atoms with Crippen molar-refractivity contribution in [2.75, 3.05) is 25.1 Å². The first-order valence-electron chi connectivity index (χ1n) is 10.2. The normalized spacial score (nSPS) is 15.4. The number of aromatic nitrogens is 1. The molecule has 164 valence electrons. The van der Waals surface area contributed by atoms with Gasteiger partial charge < -0.3 is 14.2 Å². The first kappa shape index (κ1) is 21.4. The highest BCUT2D eigenvalue weighted by Crippen LogP contribution is 2.30. The van der Waals surface area contributed by atoms with Crippen molar-refractivity contribution in [1.82, 2.24) is 4.57 Å². The Labute approximate surface area is 180 Å². The van der Waals surface area contributed by atoms with E-state index in [0.717, 1.165) is 32.0 Å². The summed E-state index contributed by atoms with van der Waals surface area (Å²) in [6.07, 6.45) is 3.27. The summed E-state index contributed by atoms with van der Waals surface area (Å²) in [6, 6.07) is 8.62. The van der Waals surface area contributed by atoms with Gasteiger partial charge in [-0.15, -0.1) is 0 Å². The largest absolute Gasteiger partial charge is 0.497 e. The maximum atomic E-state index is 15.0. The summed E-state index contributed by atoms with van der Waals surface area (Å²) in [5.74, 6) is 0.597. The van der Waals surface area contributed by atoms with E-state index in [1.807, 2.05) is 4.90 Å². The molecule has 3 aromatic rings. The summed E-state index contributed by atoms with van der Waals surface area (Å²) < 4.78 is 47.9. The third-order valence-corrected chi connectivity index (χ3v) is 7.77. The van der Waals surface area contributed by atoms with Crippen molar-refractivity contribution in [1.29, 1.82) is 0 Å². The van der Waals surface area contributed by atoms with Crippen molar-refractivity contribution in [3.05, 3.63) is 58.6 Å². The van der Waals surface area contributed by atoms with E-state index in [1.54, 1.807) is 17.7 Å². The maximum Gasteiger partial charge on any atom is 0.211 e. The number of aryl methyl sites for hydroxylation is 1. The lowest BCUT2D eigenvalue weighted by Gasteiger charge is -2.32. The highest BCUT2D eigenvalue weighted by atomic mass is 32.2. The summed E-state index contributed by atoms with van der Waals surface area (Å²) >= 11 is 0. The number of fused-ring (bicyclic) bond motifs is 1. The minimum atomic E-state index is -4.08. The topological polar surface area (TPSA) is 68.6 Å². The van der Waals surface area contributed by atoms with Crippen LogP contribution >= 0.6 is 0 Å². The van der Waals surface area contributed by atoms with E-state index in [1.165, 1.54) is 37.6 Å². The molecule has 8 heteroatoms. The standard InChI is InChI=1S/C23H25FN2O4S/c1-15-8-10-26(11-9-15)21-13-20-18(12-19(21)24)23(27)22(14-25(20)2)31(28,29)17-6-4-16(30-3)5-7-17/h4-7,12-15H,8-11H2,1-3H3. The predicted octanol–water partition coefficient (Wildman–Crippen LogP) is 3.76. The van der Waals surface area contributed by atoms with Crippen molar-refractivity contribution >= 4 is 26.4 Å². The van der Waals surface area contributed by atoms with E-state index in [9.17, 15) is 17.6 Å². The molecule has 2 aromatic carbocycles. The number of piperidine rings is 1. The Balaban J connectivity index is 1.83. The molecule has 0 atom stereocenters. The molecule has 0 radical (unpaired) electrons. The van der Waals surface area contributed by atoms with Crippen LogP contribution in [0.25, 0.3) is 10.9 Å². The molecule has 6 nitrogen and oxygen atoms in total. The molecule has 0 N–H and O–H groups in total. The summed E-state index contributed by atoms with van der Waals surface area (Å²) in [7, 11) is -0.936. The molecular weight excluding hydrogens is 419 g/mol. The van der Waals surface area contributed by atoms with Crippen molar-refractivity contribution in [3.8, 4) is 5.75 Å². The van der Waals surface area contributed by atoms with Gasteiger partial charge in [-0.25, -0.2) is 12.8 Å². The van der Waals surface area contributed by atoms with E-state index < -0.39 is 21.1 Å². The van der Waals surface area contributed by atoms with E-state index in [2.05, 4.69) is 6.92 Å². The summed E-state index contributed by atoms with van der Waals surface area (Å²) in [5, 5.41) is 0.0451. The molecule has 0 unspecified atom stereocenters. The van der Waals surface area contributed by atoms with E-state index >= 15 is 0 Å². The molecule has 4 rings (SSSR count). The van der Waals surface area contributed by atoms with Crippen LogP contribution in [-0.2, 0) is 16.9 Å². The van der Waals surface area contributed by atoms with Crippen LogP contribution in [0.2, 0.25) is 0 Å². The van der Waals surface area contributed by atoms with Crippen LogP contribution in [0.3, 0.4) is 0 Å². The zero-order valence-electron chi connectivity index (χ0n) is 17.8. The second-order valence-corrected chi connectivity index (χ2v) is 10.0. The van der Waals surface area contributed by atoms with Gasteiger partial charge >= 0.3 is 0 Å². The number of nitrogens with zero attached hydrogens (tertiary/aromatic N) is 2. The average molecular weight is 445 g/mol. The van der Waals surface area contributed by atoms with Crippen LogP contribution < -0.4 is 15.1 Å². The second-order valence-electron chi connectivity index (χ2n) is 8.10. The molecule has 0 aliphatic carbocycles. The number of halogens is 1. The lowest BCUT2D eigenvalue weighted by atomic mass is 9.98. The highest BCUT2D eigenvalue weighted by Gasteiger charge is 2.25. The molecule has 1 saturated heterocycles. The van der Waals surface area contributed by atoms with Crippen LogP contribution in [0.1, 0.15) is 19.8 Å². The van der Waals surface area contributed by atoms with Gasteiger partial charge in [0.15, 0.2) is 0 Å². The number of ether oxygens (including phenoxy) is 1. The van der Waals surface area contributed by atoms with E-state index in [-0.39, 0.29) is 15.2 Å².